The van der Waals surface area contributed by atoms with Gasteiger partial charge in [0.15, 0.2) is 5.13 Å². The zero-order chi connectivity index (χ0) is 27.7. The molecule has 2 heterocycles. The number of carbonyl (C=O) groups excluding carboxylic acids is 2. The molecule has 0 spiro atoms. The van der Waals surface area contributed by atoms with E-state index in [0.717, 1.165) is 17.4 Å². The van der Waals surface area contributed by atoms with Gasteiger partial charge in [0.2, 0.25) is 0 Å². The number of hydrogen-bond acceptors (Lipinski definition) is 7. The predicted molar refractivity (Wildman–Crippen MR) is 136 cm³/mol. The second-order valence-electron chi connectivity index (χ2n) is 8.99. The number of amides is 2. The Morgan fingerprint density at radius 1 is 1.16 bits per heavy atom. The van der Waals surface area contributed by atoms with Gasteiger partial charge in [-0.05, 0) is 44.5 Å². The number of carbonyl (C=O) groups is 3. The molecule has 0 aliphatic carbocycles. The minimum atomic E-state index is -4.65. The molecule has 0 saturated carbocycles. The summed E-state index contributed by atoms with van der Waals surface area (Å²) in [7, 11) is 0. The molecule has 2 aromatic carbocycles. The fraction of sp³-hybridized carbons (Fsp3) is 0.292. The molecule has 4 aromatic rings. The summed E-state index contributed by atoms with van der Waals surface area (Å²) in [5.74, 6) is -1.91. The number of fused-ring (bicyclic) bond motifs is 3. The third kappa shape index (κ3) is 5.85. The molecule has 0 aliphatic heterocycles. The number of hydrogen-bond donors (Lipinski definition) is 5. The summed E-state index contributed by atoms with van der Waals surface area (Å²) in [4.78, 5) is 40.1. The molecule has 38 heavy (non-hydrogen) atoms. The Kier molecular flexibility index (Phi) is 7.26. The summed E-state index contributed by atoms with van der Waals surface area (Å²) in [6.07, 6.45) is -3.03. The highest BCUT2D eigenvalue weighted by Crippen LogP contribution is 2.41. The number of nitrogens with zero attached hydrogens (tertiary/aromatic N) is 2. The van der Waals surface area contributed by atoms with Crippen LogP contribution in [0, 0.1) is 0 Å². The molecule has 200 valence electrons. The standard InChI is InChI=1S/C24H23F3N6O4S/c1-23(2,32-13-6-3-5-12(9-13)20(36)28-8-4-7-17(34)35)21(37)31-22-30-18-15(24(25,26)27)10-16-14(11-29-33-16)19(18)38-22/h3,5-6,9-11,32H,4,7-8H2,1-2H3,(H,28,36)(H,29,33)(H,34,35)(H,30,31,37). The van der Waals surface area contributed by atoms with Crippen molar-refractivity contribution in [1.29, 1.82) is 0 Å². The summed E-state index contributed by atoms with van der Waals surface area (Å²) in [5.41, 5.74) is -1.49. The molecule has 2 amide bonds. The largest absolute Gasteiger partial charge is 0.481 e. The molecule has 5 N–H and O–H groups in total. The average Bonchev–Trinajstić information content (AvgIpc) is 3.46. The van der Waals surface area contributed by atoms with Crippen molar-refractivity contribution >= 4 is 61.1 Å². The summed E-state index contributed by atoms with van der Waals surface area (Å²) in [5, 5.41) is 23.7. The molecule has 4 rings (SSSR count). The minimum absolute atomic E-state index is 0.00596. The van der Waals surface area contributed by atoms with Gasteiger partial charge < -0.3 is 15.7 Å². The lowest BCUT2D eigenvalue weighted by atomic mass is 10.0. The summed E-state index contributed by atoms with van der Waals surface area (Å²) >= 11 is 0.909. The molecule has 0 saturated heterocycles. The van der Waals surface area contributed by atoms with Gasteiger partial charge in [0, 0.05) is 29.6 Å². The lowest BCUT2D eigenvalue weighted by Crippen LogP contribution is -2.44. The van der Waals surface area contributed by atoms with E-state index in [-0.39, 0.29) is 40.3 Å². The smallest absolute Gasteiger partial charge is 0.418 e. The minimum Gasteiger partial charge on any atom is -0.481 e. The SMILES string of the molecule is CC(C)(Nc1cccc(C(=O)NCCCC(=O)O)c1)C(=O)Nc1nc2c(C(F)(F)F)cc3[nH]ncc3c2s1. The van der Waals surface area contributed by atoms with Crippen LogP contribution in [0.1, 0.15) is 42.6 Å². The summed E-state index contributed by atoms with van der Waals surface area (Å²) in [6, 6.07) is 7.31. The number of aliphatic carboxylic acids is 1. The summed E-state index contributed by atoms with van der Waals surface area (Å²) in [6.45, 7) is 3.34. The van der Waals surface area contributed by atoms with E-state index in [1.807, 2.05) is 0 Å². The Labute approximate surface area is 217 Å². The monoisotopic (exact) mass is 548 g/mol. The van der Waals surface area contributed by atoms with Crippen molar-refractivity contribution in [2.75, 3.05) is 17.2 Å². The van der Waals surface area contributed by atoms with Crippen molar-refractivity contribution < 1.29 is 32.7 Å². The van der Waals surface area contributed by atoms with Gasteiger partial charge in [-0.25, -0.2) is 4.98 Å². The molecule has 0 aliphatic rings. The number of aromatic nitrogens is 3. The Bertz CT molecular complexity index is 1530. The second kappa shape index (κ2) is 10.3. The maximum atomic E-state index is 13.6. The Hall–Kier alpha value is -4.20. The van der Waals surface area contributed by atoms with E-state index in [4.69, 9.17) is 5.11 Å². The Morgan fingerprint density at radius 2 is 1.92 bits per heavy atom. The first kappa shape index (κ1) is 26.9. The highest BCUT2D eigenvalue weighted by Gasteiger charge is 2.36. The van der Waals surface area contributed by atoms with E-state index in [0.29, 0.717) is 16.6 Å². The molecule has 10 nitrogen and oxygen atoms in total. The number of anilines is 2. The van der Waals surface area contributed by atoms with Crippen LogP contribution >= 0.6 is 11.3 Å². The van der Waals surface area contributed by atoms with Crippen LogP contribution in [0.4, 0.5) is 24.0 Å². The van der Waals surface area contributed by atoms with Gasteiger partial charge in [0.05, 0.1) is 27.5 Å². The molecule has 2 aromatic heterocycles. The zero-order valence-corrected chi connectivity index (χ0v) is 21.0. The van der Waals surface area contributed by atoms with E-state index in [1.165, 1.54) is 12.3 Å². The van der Waals surface area contributed by atoms with Crippen molar-refractivity contribution in [3.05, 3.63) is 47.7 Å². The quantitative estimate of drug-likeness (QED) is 0.192. The van der Waals surface area contributed by atoms with Gasteiger partial charge in [-0.3, -0.25) is 24.8 Å². The number of thiazole rings is 1. The van der Waals surface area contributed by atoms with Gasteiger partial charge in [0.1, 0.15) is 5.54 Å². The molecule has 14 heteroatoms. The Morgan fingerprint density at radius 3 is 2.63 bits per heavy atom. The van der Waals surface area contributed by atoms with Crippen LogP contribution in [0.3, 0.4) is 0 Å². The Balaban J connectivity index is 1.49. The first-order chi connectivity index (χ1) is 17.8. The van der Waals surface area contributed by atoms with Crippen molar-refractivity contribution in [3.63, 3.8) is 0 Å². The van der Waals surface area contributed by atoms with Crippen LogP contribution in [-0.2, 0) is 15.8 Å². The van der Waals surface area contributed by atoms with Crippen LogP contribution in [0.2, 0.25) is 0 Å². The lowest BCUT2D eigenvalue weighted by molar-refractivity contribution is -0.137. The van der Waals surface area contributed by atoms with Crippen LogP contribution in [-0.4, -0.2) is 50.2 Å². The van der Waals surface area contributed by atoms with Crippen LogP contribution in [0.25, 0.3) is 21.1 Å². The predicted octanol–water partition coefficient (Wildman–Crippen LogP) is 4.62. The molecule has 0 radical (unpaired) electrons. The number of benzene rings is 2. The van der Waals surface area contributed by atoms with Gasteiger partial charge in [0.25, 0.3) is 11.8 Å². The fourth-order valence-corrected chi connectivity index (χ4v) is 4.71. The number of alkyl halides is 3. The number of carboxylic acids is 1. The van der Waals surface area contributed by atoms with E-state index in [2.05, 4.69) is 31.1 Å². The number of carboxylic acid groups (broad SMARTS) is 1. The number of H-pyrrole nitrogens is 1. The molecule has 0 unspecified atom stereocenters. The lowest BCUT2D eigenvalue weighted by Gasteiger charge is -2.26. The van der Waals surface area contributed by atoms with Crippen molar-refractivity contribution in [3.8, 4) is 0 Å². The van der Waals surface area contributed by atoms with Gasteiger partial charge >= 0.3 is 12.1 Å². The van der Waals surface area contributed by atoms with Gasteiger partial charge in [-0.1, -0.05) is 17.4 Å². The number of rotatable bonds is 9. The fourth-order valence-electron chi connectivity index (χ4n) is 3.71. The van der Waals surface area contributed by atoms with E-state index in [1.54, 1.807) is 32.0 Å². The van der Waals surface area contributed by atoms with Crippen LogP contribution in [0.5, 0.6) is 0 Å². The third-order valence-corrected chi connectivity index (χ3v) is 6.62. The number of nitrogens with one attached hydrogen (secondary N) is 4. The topological polar surface area (TPSA) is 149 Å². The zero-order valence-electron chi connectivity index (χ0n) is 20.2. The van der Waals surface area contributed by atoms with Gasteiger partial charge in [-0.2, -0.15) is 18.3 Å². The maximum Gasteiger partial charge on any atom is 0.418 e. The molecule has 0 fully saturated rings. The molecular weight excluding hydrogens is 525 g/mol. The highest BCUT2D eigenvalue weighted by molar-refractivity contribution is 7.23. The van der Waals surface area contributed by atoms with Crippen LogP contribution < -0.4 is 16.0 Å². The van der Waals surface area contributed by atoms with Crippen molar-refractivity contribution in [2.45, 2.75) is 38.4 Å². The van der Waals surface area contributed by atoms with E-state index >= 15 is 0 Å². The second-order valence-corrected chi connectivity index (χ2v) is 9.99. The van der Waals surface area contributed by atoms with Crippen molar-refractivity contribution in [2.24, 2.45) is 0 Å². The molecule has 0 atom stereocenters. The van der Waals surface area contributed by atoms with Crippen LogP contribution in [0.15, 0.2) is 36.5 Å². The molecule has 0 bridgehead atoms. The van der Waals surface area contributed by atoms with Gasteiger partial charge in [-0.15, -0.1) is 0 Å². The average molecular weight is 549 g/mol. The summed E-state index contributed by atoms with van der Waals surface area (Å²) < 4.78 is 41.2. The van der Waals surface area contributed by atoms with E-state index < -0.39 is 35.1 Å². The normalized spacial score (nSPS) is 12.0. The number of halogens is 3. The van der Waals surface area contributed by atoms with Crippen molar-refractivity contribution in [1.82, 2.24) is 20.5 Å². The maximum absolute atomic E-state index is 13.6. The highest BCUT2D eigenvalue weighted by atomic mass is 32.1. The van der Waals surface area contributed by atoms with E-state index in [9.17, 15) is 27.6 Å². The number of aromatic amines is 1. The first-order valence-corrected chi connectivity index (χ1v) is 12.2. The molecular formula is C24H23F3N6O4S. The first-order valence-electron chi connectivity index (χ1n) is 11.4. The third-order valence-electron chi connectivity index (χ3n) is 5.61.